The van der Waals surface area contributed by atoms with Crippen molar-refractivity contribution in [1.82, 2.24) is 21.3 Å². The highest BCUT2D eigenvalue weighted by Crippen LogP contribution is 2.09. The SMILES string of the molecule is CCNC(=NCC(C)(C)NC(=O)OC(C)(C)C)NCCNC(=O)c1ccccc1.I. The van der Waals surface area contributed by atoms with Crippen molar-refractivity contribution in [2.45, 2.75) is 52.7 Å². The van der Waals surface area contributed by atoms with Gasteiger partial charge < -0.3 is 26.0 Å². The summed E-state index contributed by atoms with van der Waals surface area (Å²) in [4.78, 5) is 28.5. The third kappa shape index (κ3) is 12.5. The molecule has 30 heavy (non-hydrogen) atoms. The van der Waals surface area contributed by atoms with Gasteiger partial charge in [0.25, 0.3) is 5.91 Å². The molecule has 2 amide bonds. The molecular weight excluding hydrogens is 497 g/mol. The number of hydrogen-bond donors (Lipinski definition) is 4. The highest BCUT2D eigenvalue weighted by atomic mass is 127. The number of aliphatic imine (C=N–C) groups is 1. The van der Waals surface area contributed by atoms with E-state index < -0.39 is 17.2 Å². The van der Waals surface area contributed by atoms with E-state index in [1.54, 1.807) is 12.1 Å². The smallest absolute Gasteiger partial charge is 0.408 e. The molecule has 0 spiro atoms. The summed E-state index contributed by atoms with van der Waals surface area (Å²) in [6.07, 6.45) is -0.473. The van der Waals surface area contributed by atoms with E-state index >= 15 is 0 Å². The highest BCUT2D eigenvalue weighted by molar-refractivity contribution is 14.0. The lowest BCUT2D eigenvalue weighted by Gasteiger charge is -2.27. The Morgan fingerprint density at radius 2 is 1.57 bits per heavy atom. The van der Waals surface area contributed by atoms with Gasteiger partial charge >= 0.3 is 6.09 Å². The van der Waals surface area contributed by atoms with E-state index in [0.717, 1.165) is 0 Å². The fourth-order valence-corrected chi connectivity index (χ4v) is 2.29. The molecule has 0 saturated carbocycles. The van der Waals surface area contributed by atoms with Crippen LogP contribution >= 0.6 is 24.0 Å². The lowest BCUT2D eigenvalue weighted by molar-refractivity contribution is 0.0476. The van der Waals surface area contributed by atoms with Gasteiger partial charge in [0.15, 0.2) is 5.96 Å². The minimum absolute atomic E-state index is 0. The summed E-state index contributed by atoms with van der Waals surface area (Å²) in [5.74, 6) is 0.498. The van der Waals surface area contributed by atoms with Gasteiger partial charge in [-0.15, -0.1) is 24.0 Å². The summed E-state index contributed by atoms with van der Waals surface area (Å²) in [5, 5.41) is 12.0. The molecule has 1 aromatic carbocycles. The largest absolute Gasteiger partial charge is 0.444 e. The monoisotopic (exact) mass is 533 g/mol. The van der Waals surface area contributed by atoms with Gasteiger partial charge in [-0.3, -0.25) is 9.79 Å². The third-order valence-corrected chi connectivity index (χ3v) is 3.55. The van der Waals surface area contributed by atoms with Crippen molar-refractivity contribution in [3.05, 3.63) is 35.9 Å². The number of halogens is 1. The van der Waals surface area contributed by atoms with Crippen LogP contribution in [0.5, 0.6) is 0 Å². The summed E-state index contributed by atoms with van der Waals surface area (Å²) in [6, 6.07) is 9.07. The number of alkyl carbamates (subject to hydrolysis) is 1. The Labute approximate surface area is 197 Å². The molecule has 0 fully saturated rings. The van der Waals surface area contributed by atoms with E-state index in [9.17, 15) is 9.59 Å². The number of hydrogen-bond acceptors (Lipinski definition) is 4. The number of guanidine groups is 1. The zero-order valence-electron chi connectivity index (χ0n) is 18.8. The first-order valence-electron chi connectivity index (χ1n) is 9.89. The number of nitrogens with zero attached hydrogens (tertiary/aromatic N) is 1. The number of rotatable bonds is 8. The van der Waals surface area contributed by atoms with Crippen LogP contribution in [0.25, 0.3) is 0 Å². The van der Waals surface area contributed by atoms with Gasteiger partial charge in [-0.25, -0.2) is 4.79 Å². The predicted octanol–water partition coefficient (Wildman–Crippen LogP) is 2.89. The van der Waals surface area contributed by atoms with Crippen molar-refractivity contribution in [1.29, 1.82) is 0 Å². The molecule has 0 heterocycles. The summed E-state index contributed by atoms with van der Waals surface area (Å²) >= 11 is 0. The van der Waals surface area contributed by atoms with Crippen LogP contribution in [0.2, 0.25) is 0 Å². The van der Waals surface area contributed by atoms with Gasteiger partial charge in [-0.1, -0.05) is 18.2 Å². The molecule has 0 aliphatic carbocycles. The molecule has 1 aromatic rings. The van der Waals surface area contributed by atoms with E-state index in [1.807, 2.05) is 59.7 Å². The normalized spacial score (nSPS) is 11.7. The van der Waals surface area contributed by atoms with E-state index in [2.05, 4.69) is 26.3 Å². The van der Waals surface area contributed by atoms with E-state index in [1.165, 1.54) is 0 Å². The molecule has 0 unspecified atom stereocenters. The van der Waals surface area contributed by atoms with Crippen molar-refractivity contribution in [2.24, 2.45) is 4.99 Å². The molecule has 0 atom stereocenters. The molecule has 0 aliphatic heterocycles. The Bertz CT molecular complexity index is 688. The number of benzene rings is 1. The van der Waals surface area contributed by atoms with Crippen LogP contribution < -0.4 is 21.3 Å². The minimum atomic E-state index is -0.577. The fraction of sp³-hybridized carbons (Fsp3) is 0.571. The molecule has 9 heteroatoms. The van der Waals surface area contributed by atoms with Crippen LogP contribution in [-0.4, -0.2) is 55.3 Å². The molecule has 1 rings (SSSR count). The number of carbonyl (C=O) groups is 2. The zero-order valence-corrected chi connectivity index (χ0v) is 21.1. The third-order valence-electron chi connectivity index (χ3n) is 3.55. The van der Waals surface area contributed by atoms with Gasteiger partial charge in [-0.05, 0) is 53.7 Å². The zero-order chi connectivity index (χ0) is 21.9. The molecule has 0 bridgehead atoms. The first kappa shape index (κ1) is 28.0. The van der Waals surface area contributed by atoms with Crippen molar-refractivity contribution in [3.63, 3.8) is 0 Å². The number of amides is 2. The van der Waals surface area contributed by atoms with Crippen molar-refractivity contribution in [3.8, 4) is 0 Å². The molecule has 8 nitrogen and oxygen atoms in total. The second kappa shape index (κ2) is 13.3. The number of ether oxygens (including phenoxy) is 1. The second-order valence-electron chi connectivity index (χ2n) is 8.25. The molecular formula is C21H36IN5O3. The first-order chi connectivity index (χ1) is 13.5. The van der Waals surface area contributed by atoms with Crippen LogP contribution in [0.1, 0.15) is 51.9 Å². The number of nitrogens with one attached hydrogen (secondary N) is 4. The molecule has 0 aromatic heterocycles. The van der Waals surface area contributed by atoms with Crippen molar-refractivity contribution < 1.29 is 14.3 Å². The Kier molecular flexibility index (Phi) is 12.4. The summed E-state index contributed by atoms with van der Waals surface area (Å²) in [7, 11) is 0. The van der Waals surface area contributed by atoms with Crippen LogP contribution in [-0.2, 0) is 4.74 Å². The lowest BCUT2D eigenvalue weighted by Crippen LogP contribution is -2.49. The van der Waals surface area contributed by atoms with Crippen LogP contribution in [0, 0.1) is 0 Å². The predicted molar refractivity (Wildman–Crippen MR) is 132 cm³/mol. The standard InChI is InChI=1S/C21H35N5O3.HI/c1-7-22-18(24-14-13-23-17(27)16-11-9-8-10-12-16)25-15-21(5,6)26-19(28)29-20(2,3)4;/h8-12H,7,13-15H2,1-6H3,(H,23,27)(H,26,28)(H2,22,24,25);1H. The highest BCUT2D eigenvalue weighted by Gasteiger charge is 2.24. The number of carbonyl (C=O) groups excluding carboxylic acids is 2. The van der Waals surface area contributed by atoms with Gasteiger partial charge in [-0.2, -0.15) is 0 Å². The molecule has 4 N–H and O–H groups in total. The average molecular weight is 533 g/mol. The van der Waals surface area contributed by atoms with Crippen molar-refractivity contribution >= 4 is 41.9 Å². The van der Waals surface area contributed by atoms with Crippen LogP contribution in [0.3, 0.4) is 0 Å². The minimum Gasteiger partial charge on any atom is -0.444 e. The van der Waals surface area contributed by atoms with Crippen LogP contribution in [0.4, 0.5) is 4.79 Å². The molecule has 0 radical (unpaired) electrons. The summed E-state index contributed by atoms with van der Waals surface area (Å²) < 4.78 is 5.30. The molecule has 0 aliphatic rings. The van der Waals surface area contributed by atoms with Crippen LogP contribution in [0.15, 0.2) is 35.3 Å². The van der Waals surface area contributed by atoms with E-state index in [-0.39, 0.29) is 29.9 Å². The van der Waals surface area contributed by atoms with Gasteiger partial charge in [0.1, 0.15) is 5.60 Å². The van der Waals surface area contributed by atoms with Gasteiger partial charge in [0.2, 0.25) is 0 Å². The lowest BCUT2D eigenvalue weighted by atomic mass is 10.1. The molecule has 170 valence electrons. The quantitative estimate of drug-likeness (QED) is 0.178. The maximum absolute atomic E-state index is 12.0. The average Bonchev–Trinajstić information content (AvgIpc) is 2.61. The summed E-state index contributed by atoms with van der Waals surface area (Å²) in [5.41, 5.74) is -0.501. The Hall–Kier alpha value is -2.04. The topological polar surface area (TPSA) is 104 Å². The molecule has 0 saturated heterocycles. The van der Waals surface area contributed by atoms with E-state index in [4.69, 9.17) is 4.74 Å². The van der Waals surface area contributed by atoms with E-state index in [0.29, 0.717) is 37.7 Å². The van der Waals surface area contributed by atoms with Gasteiger partial charge in [0, 0.05) is 25.2 Å². The maximum atomic E-state index is 12.0. The summed E-state index contributed by atoms with van der Waals surface area (Å²) in [6.45, 7) is 13.2. The fourth-order valence-electron chi connectivity index (χ4n) is 2.29. The second-order valence-corrected chi connectivity index (χ2v) is 8.25. The Morgan fingerprint density at radius 3 is 2.13 bits per heavy atom. The first-order valence-corrected chi connectivity index (χ1v) is 9.89. The maximum Gasteiger partial charge on any atom is 0.408 e. The Balaban J connectivity index is 0.00000841. The Morgan fingerprint density at radius 1 is 0.967 bits per heavy atom. The van der Waals surface area contributed by atoms with Crippen molar-refractivity contribution in [2.75, 3.05) is 26.2 Å². The van der Waals surface area contributed by atoms with Gasteiger partial charge in [0.05, 0.1) is 12.1 Å².